The Hall–Kier alpha value is -1.69. The Balaban J connectivity index is 4.30. The standard InChI is InChI=1S/C25H42O5/c1-20(2)9-6-10-21(3)11-7-12-22(4)13-8-14-23(5)15-24(29)30-19-25(16-26,17-27)18-28/h9,11,13,15,26-28H,6-8,10,12,14,16-19H2,1-5H3/b21-11+,22-13+,23-15?. The van der Waals surface area contributed by atoms with Crippen LogP contribution in [0.1, 0.15) is 73.1 Å². The number of hydrogen-bond donors (Lipinski definition) is 3. The molecule has 0 aromatic rings. The number of carbonyl (C=O) groups is 1. The Labute approximate surface area is 182 Å². The Kier molecular flexibility index (Phi) is 15.2. The van der Waals surface area contributed by atoms with Gasteiger partial charge < -0.3 is 20.1 Å². The first-order chi connectivity index (χ1) is 14.2. The third-order valence-electron chi connectivity index (χ3n) is 5.05. The fourth-order valence-corrected chi connectivity index (χ4v) is 2.71. The number of hydrogen-bond acceptors (Lipinski definition) is 5. The molecule has 0 aliphatic carbocycles. The quantitative estimate of drug-likeness (QED) is 0.203. The minimum absolute atomic E-state index is 0.223. The van der Waals surface area contributed by atoms with Crippen molar-refractivity contribution in [1.82, 2.24) is 0 Å². The van der Waals surface area contributed by atoms with Crippen LogP contribution in [0.2, 0.25) is 0 Å². The van der Waals surface area contributed by atoms with Crippen molar-refractivity contribution in [2.75, 3.05) is 26.4 Å². The van der Waals surface area contributed by atoms with Crippen molar-refractivity contribution in [3.05, 3.63) is 46.6 Å². The Bertz CT molecular complexity index is 609. The average molecular weight is 423 g/mol. The zero-order valence-corrected chi connectivity index (χ0v) is 19.5. The summed E-state index contributed by atoms with van der Waals surface area (Å²) in [7, 11) is 0. The van der Waals surface area contributed by atoms with Crippen molar-refractivity contribution in [3.8, 4) is 0 Å². The van der Waals surface area contributed by atoms with Crippen LogP contribution in [0.15, 0.2) is 46.6 Å². The van der Waals surface area contributed by atoms with Gasteiger partial charge in [0.25, 0.3) is 0 Å². The molecule has 0 heterocycles. The predicted molar refractivity (Wildman–Crippen MR) is 123 cm³/mol. The van der Waals surface area contributed by atoms with Crippen molar-refractivity contribution in [2.24, 2.45) is 5.41 Å². The van der Waals surface area contributed by atoms with Crippen LogP contribution >= 0.6 is 0 Å². The van der Waals surface area contributed by atoms with E-state index in [2.05, 4.69) is 45.9 Å². The molecule has 0 saturated carbocycles. The van der Waals surface area contributed by atoms with Gasteiger partial charge in [-0.3, -0.25) is 0 Å². The van der Waals surface area contributed by atoms with E-state index in [-0.39, 0.29) is 6.61 Å². The number of carbonyl (C=O) groups excluding carboxylic acids is 1. The highest BCUT2D eigenvalue weighted by Gasteiger charge is 2.29. The summed E-state index contributed by atoms with van der Waals surface area (Å²) in [4.78, 5) is 11.9. The molecule has 3 N–H and O–H groups in total. The third-order valence-corrected chi connectivity index (χ3v) is 5.05. The van der Waals surface area contributed by atoms with Crippen LogP contribution in [0.4, 0.5) is 0 Å². The first-order valence-corrected chi connectivity index (χ1v) is 10.8. The molecule has 0 aliphatic rings. The van der Waals surface area contributed by atoms with Crippen LogP contribution in [0, 0.1) is 5.41 Å². The topological polar surface area (TPSA) is 87.0 Å². The van der Waals surface area contributed by atoms with E-state index in [0.29, 0.717) is 0 Å². The minimum Gasteiger partial charge on any atom is -0.462 e. The summed E-state index contributed by atoms with van der Waals surface area (Å²) in [6, 6.07) is 0. The van der Waals surface area contributed by atoms with Gasteiger partial charge in [0, 0.05) is 6.08 Å². The molecule has 5 nitrogen and oxygen atoms in total. The molecule has 0 amide bonds. The lowest BCUT2D eigenvalue weighted by molar-refractivity contribution is -0.145. The van der Waals surface area contributed by atoms with E-state index in [4.69, 9.17) is 4.74 Å². The summed E-state index contributed by atoms with van der Waals surface area (Å²) < 4.78 is 5.07. The highest BCUT2D eigenvalue weighted by Crippen LogP contribution is 2.16. The van der Waals surface area contributed by atoms with Crippen LogP contribution < -0.4 is 0 Å². The predicted octanol–water partition coefficient (Wildman–Crippen LogP) is 4.64. The zero-order chi connectivity index (χ0) is 23.0. The largest absolute Gasteiger partial charge is 0.462 e. The number of esters is 1. The minimum atomic E-state index is -1.20. The molecular formula is C25H42O5. The van der Waals surface area contributed by atoms with Crippen LogP contribution in [-0.2, 0) is 9.53 Å². The van der Waals surface area contributed by atoms with Gasteiger partial charge in [-0.25, -0.2) is 4.79 Å². The second-order valence-electron chi connectivity index (χ2n) is 8.57. The molecule has 172 valence electrons. The molecule has 0 atom stereocenters. The Morgan fingerprint density at radius 1 is 0.733 bits per heavy atom. The highest BCUT2D eigenvalue weighted by molar-refractivity contribution is 5.82. The van der Waals surface area contributed by atoms with Gasteiger partial charge in [0.05, 0.1) is 25.2 Å². The molecule has 30 heavy (non-hydrogen) atoms. The highest BCUT2D eigenvalue weighted by atomic mass is 16.5. The van der Waals surface area contributed by atoms with E-state index in [1.807, 2.05) is 6.92 Å². The number of aliphatic hydroxyl groups is 3. The molecule has 5 heteroatoms. The van der Waals surface area contributed by atoms with Crippen molar-refractivity contribution in [3.63, 3.8) is 0 Å². The summed E-state index contributed by atoms with van der Waals surface area (Å²) in [5.41, 5.74) is 3.85. The van der Waals surface area contributed by atoms with Gasteiger partial charge in [-0.15, -0.1) is 0 Å². The second kappa shape index (κ2) is 16.1. The number of allylic oxidation sites excluding steroid dienone is 7. The van der Waals surface area contributed by atoms with Crippen LogP contribution in [0.25, 0.3) is 0 Å². The fourth-order valence-electron chi connectivity index (χ4n) is 2.71. The van der Waals surface area contributed by atoms with Crippen molar-refractivity contribution in [1.29, 1.82) is 0 Å². The van der Waals surface area contributed by atoms with Crippen molar-refractivity contribution >= 4 is 5.97 Å². The lowest BCUT2D eigenvalue weighted by Gasteiger charge is -2.26. The molecule has 0 fully saturated rings. The normalized spacial score (nSPS) is 13.4. The smallest absolute Gasteiger partial charge is 0.330 e. The third kappa shape index (κ3) is 13.5. The monoisotopic (exact) mass is 422 g/mol. The number of aliphatic hydroxyl groups excluding tert-OH is 3. The van der Waals surface area contributed by atoms with E-state index in [1.54, 1.807) is 0 Å². The summed E-state index contributed by atoms with van der Waals surface area (Å²) >= 11 is 0. The van der Waals surface area contributed by atoms with E-state index >= 15 is 0 Å². The van der Waals surface area contributed by atoms with Gasteiger partial charge in [-0.05, 0) is 73.1 Å². The van der Waals surface area contributed by atoms with E-state index in [9.17, 15) is 20.1 Å². The van der Waals surface area contributed by atoms with E-state index in [1.165, 1.54) is 22.8 Å². The van der Waals surface area contributed by atoms with Crippen molar-refractivity contribution in [2.45, 2.75) is 73.1 Å². The zero-order valence-electron chi connectivity index (χ0n) is 19.5. The molecule has 0 spiro atoms. The van der Waals surface area contributed by atoms with Gasteiger partial charge in [-0.2, -0.15) is 0 Å². The van der Waals surface area contributed by atoms with E-state index in [0.717, 1.165) is 44.1 Å². The molecule has 0 rings (SSSR count). The number of rotatable bonds is 15. The molecule has 0 bridgehead atoms. The summed E-state index contributed by atoms with van der Waals surface area (Å²) in [5, 5.41) is 27.8. The second-order valence-corrected chi connectivity index (χ2v) is 8.57. The molecular weight excluding hydrogens is 380 g/mol. The fraction of sp³-hybridized carbons (Fsp3) is 0.640. The SMILES string of the molecule is CC(C)=CCC/C(C)=C/CC/C(C)=C/CCC(C)=CC(=O)OCC(CO)(CO)CO. The molecule has 0 aromatic heterocycles. The Morgan fingerprint density at radius 2 is 1.17 bits per heavy atom. The van der Waals surface area contributed by atoms with Crippen molar-refractivity contribution < 1.29 is 24.9 Å². The van der Waals surface area contributed by atoms with Gasteiger partial charge in [0.1, 0.15) is 6.61 Å². The lowest BCUT2D eigenvalue weighted by atomic mass is 9.93. The molecule has 0 aromatic carbocycles. The maximum Gasteiger partial charge on any atom is 0.330 e. The summed E-state index contributed by atoms with van der Waals surface area (Å²) in [6.07, 6.45) is 14.2. The van der Waals surface area contributed by atoms with Gasteiger partial charge in [0.2, 0.25) is 0 Å². The molecule has 0 unspecified atom stereocenters. The van der Waals surface area contributed by atoms with E-state index < -0.39 is 31.2 Å². The molecule has 0 aliphatic heterocycles. The molecule has 0 radical (unpaired) electrons. The summed E-state index contributed by atoms with van der Waals surface area (Å²) in [5.74, 6) is -0.526. The first-order valence-electron chi connectivity index (χ1n) is 10.8. The summed E-state index contributed by atoms with van der Waals surface area (Å²) in [6.45, 7) is 8.87. The van der Waals surface area contributed by atoms with Crippen LogP contribution in [0.3, 0.4) is 0 Å². The maximum atomic E-state index is 11.9. The van der Waals surface area contributed by atoms with Crippen LogP contribution in [-0.4, -0.2) is 47.7 Å². The maximum absolute atomic E-state index is 11.9. The first kappa shape index (κ1) is 28.3. The van der Waals surface area contributed by atoms with Crippen LogP contribution in [0.5, 0.6) is 0 Å². The van der Waals surface area contributed by atoms with Gasteiger partial charge in [0.15, 0.2) is 0 Å². The Morgan fingerprint density at radius 3 is 1.60 bits per heavy atom. The number of ether oxygens (including phenoxy) is 1. The van der Waals surface area contributed by atoms with Gasteiger partial charge in [-0.1, -0.05) is 40.5 Å². The van der Waals surface area contributed by atoms with Gasteiger partial charge >= 0.3 is 5.97 Å². The lowest BCUT2D eigenvalue weighted by Crippen LogP contribution is -2.39. The average Bonchev–Trinajstić information content (AvgIpc) is 2.69. The molecule has 0 saturated heterocycles.